The van der Waals surface area contributed by atoms with Crippen LogP contribution in [0, 0.1) is 0 Å². The van der Waals surface area contributed by atoms with Gasteiger partial charge in [-0.05, 0) is 19.4 Å². The number of nitrogens with one attached hydrogen (secondary N) is 1. The first-order chi connectivity index (χ1) is 5.52. The third-order valence-corrected chi connectivity index (χ3v) is 1.98. The molecular weight excluding hydrogens is 168 g/mol. The Balaban J connectivity index is 2.42. The van der Waals surface area contributed by atoms with Gasteiger partial charge < -0.3 is 10.4 Å². The van der Waals surface area contributed by atoms with Crippen molar-refractivity contribution in [2.45, 2.75) is 31.2 Å². The molecule has 0 spiro atoms. The molecule has 0 aliphatic carbocycles. The van der Waals surface area contributed by atoms with Gasteiger partial charge in [0.2, 0.25) is 0 Å². The molecule has 70 valence electrons. The molecule has 0 radical (unpaired) electrons. The normalized spacial score (nSPS) is 24.3. The minimum atomic E-state index is -3.58. The van der Waals surface area contributed by atoms with Crippen molar-refractivity contribution in [2.75, 3.05) is 6.54 Å². The summed E-state index contributed by atoms with van der Waals surface area (Å²) in [6, 6.07) is -0.337. The highest BCUT2D eigenvalue weighted by Crippen LogP contribution is 2.24. The molecule has 0 aromatic rings. The van der Waals surface area contributed by atoms with Crippen LogP contribution < -0.4 is 5.32 Å². The van der Waals surface area contributed by atoms with Gasteiger partial charge in [-0.1, -0.05) is 0 Å². The first-order valence-electron chi connectivity index (χ1n) is 3.87. The number of hydrogen-bond acceptors (Lipinski definition) is 2. The smallest absolute Gasteiger partial charge is 0.374 e. The number of carboxylic acid groups (broad SMARTS) is 1. The van der Waals surface area contributed by atoms with Crippen LogP contribution in [0.1, 0.15) is 19.3 Å². The van der Waals surface area contributed by atoms with Crippen LogP contribution in [0.4, 0.5) is 8.78 Å². The lowest BCUT2D eigenvalue weighted by Crippen LogP contribution is -2.36. The lowest BCUT2D eigenvalue weighted by atomic mass is 10.1. The van der Waals surface area contributed by atoms with E-state index in [2.05, 4.69) is 5.32 Å². The van der Waals surface area contributed by atoms with Crippen molar-refractivity contribution >= 4 is 5.97 Å². The quantitative estimate of drug-likeness (QED) is 0.675. The molecule has 1 atom stereocenters. The molecule has 0 aromatic heterocycles. The highest BCUT2D eigenvalue weighted by atomic mass is 19.3. The molecular formula is C7H11F2NO2. The fraction of sp³-hybridized carbons (Fsp3) is 0.857. The van der Waals surface area contributed by atoms with Crippen molar-refractivity contribution < 1.29 is 18.7 Å². The summed E-state index contributed by atoms with van der Waals surface area (Å²) in [7, 11) is 0. The second-order valence-electron chi connectivity index (χ2n) is 3.01. The molecule has 1 saturated heterocycles. The van der Waals surface area contributed by atoms with Gasteiger partial charge in [0, 0.05) is 12.5 Å². The predicted octanol–water partition coefficient (Wildman–Crippen LogP) is 0.848. The number of alkyl halides is 2. The summed E-state index contributed by atoms with van der Waals surface area (Å²) in [5.74, 6) is -5.61. The summed E-state index contributed by atoms with van der Waals surface area (Å²) in [6.45, 7) is 0.709. The number of aliphatic carboxylic acids is 1. The Kier molecular flexibility index (Phi) is 2.62. The van der Waals surface area contributed by atoms with Crippen LogP contribution in [-0.4, -0.2) is 29.6 Å². The van der Waals surface area contributed by atoms with Crippen LogP contribution in [0.15, 0.2) is 0 Å². The van der Waals surface area contributed by atoms with E-state index in [1.165, 1.54) is 0 Å². The minimum Gasteiger partial charge on any atom is -0.477 e. The third-order valence-electron chi connectivity index (χ3n) is 1.98. The summed E-state index contributed by atoms with van der Waals surface area (Å²) in [6.07, 6.45) is 0.894. The Bertz CT molecular complexity index is 178. The van der Waals surface area contributed by atoms with E-state index in [1.54, 1.807) is 0 Å². The molecule has 0 aromatic carbocycles. The summed E-state index contributed by atoms with van der Waals surface area (Å²) in [5, 5.41) is 10.9. The Labute approximate surface area is 68.8 Å². The van der Waals surface area contributed by atoms with E-state index >= 15 is 0 Å². The number of carbonyl (C=O) groups is 1. The summed E-state index contributed by atoms with van der Waals surface area (Å²) >= 11 is 0. The SMILES string of the molecule is O=C(O)C(F)(F)CC1CCCN1. The van der Waals surface area contributed by atoms with Gasteiger partial charge in [-0.15, -0.1) is 0 Å². The molecule has 1 fully saturated rings. The summed E-state index contributed by atoms with van der Waals surface area (Å²) < 4.78 is 25.1. The van der Waals surface area contributed by atoms with Gasteiger partial charge >= 0.3 is 11.9 Å². The van der Waals surface area contributed by atoms with Crippen LogP contribution in [0.5, 0.6) is 0 Å². The van der Waals surface area contributed by atoms with E-state index < -0.39 is 18.3 Å². The molecule has 1 heterocycles. The first-order valence-corrected chi connectivity index (χ1v) is 3.87. The van der Waals surface area contributed by atoms with Gasteiger partial charge in [0.05, 0.1) is 0 Å². The van der Waals surface area contributed by atoms with E-state index in [0.717, 1.165) is 6.42 Å². The van der Waals surface area contributed by atoms with Gasteiger partial charge in [-0.3, -0.25) is 0 Å². The van der Waals surface area contributed by atoms with Gasteiger partial charge in [0.25, 0.3) is 0 Å². The largest absolute Gasteiger partial charge is 0.477 e. The average molecular weight is 179 g/mol. The maximum Gasteiger partial charge on any atom is 0.374 e. The van der Waals surface area contributed by atoms with Crippen LogP contribution in [0.25, 0.3) is 0 Å². The maximum atomic E-state index is 12.6. The Hall–Kier alpha value is -0.710. The van der Waals surface area contributed by atoms with Crippen molar-refractivity contribution in [2.24, 2.45) is 0 Å². The van der Waals surface area contributed by atoms with Crippen molar-refractivity contribution in [1.29, 1.82) is 0 Å². The maximum absolute atomic E-state index is 12.6. The van der Waals surface area contributed by atoms with Gasteiger partial charge in [-0.25, -0.2) is 4.79 Å². The van der Waals surface area contributed by atoms with Gasteiger partial charge in [-0.2, -0.15) is 8.78 Å². The van der Waals surface area contributed by atoms with Crippen LogP contribution in [-0.2, 0) is 4.79 Å². The van der Waals surface area contributed by atoms with Gasteiger partial charge in [0.1, 0.15) is 0 Å². The van der Waals surface area contributed by atoms with Crippen molar-refractivity contribution in [1.82, 2.24) is 5.32 Å². The zero-order chi connectivity index (χ0) is 9.19. The van der Waals surface area contributed by atoms with Crippen LogP contribution >= 0.6 is 0 Å². The molecule has 0 bridgehead atoms. The van der Waals surface area contributed by atoms with Gasteiger partial charge in [0.15, 0.2) is 0 Å². The van der Waals surface area contributed by atoms with E-state index in [1.807, 2.05) is 0 Å². The Morgan fingerprint density at radius 2 is 2.33 bits per heavy atom. The average Bonchev–Trinajstić information content (AvgIpc) is 2.38. The third kappa shape index (κ3) is 2.14. The lowest BCUT2D eigenvalue weighted by molar-refractivity contribution is -0.166. The molecule has 1 unspecified atom stereocenters. The highest BCUT2D eigenvalue weighted by molar-refractivity contribution is 5.75. The number of carboxylic acids is 1. The van der Waals surface area contributed by atoms with Crippen molar-refractivity contribution in [3.8, 4) is 0 Å². The van der Waals surface area contributed by atoms with E-state index in [4.69, 9.17) is 5.11 Å². The molecule has 0 amide bonds. The number of halogens is 2. The Morgan fingerprint density at radius 1 is 1.67 bits per heavy atom. The summed E-state index contributed by atoms with van der Waals surface area (Å²) in [4.78, 5) is 10.0. The standard InChI is InChI=1S/C7H11F2NO2/c8-7(9,6(11)12)4-5-2-1-3-10-5/h5,10H,1-4H2,(H,11,12). The predicted molar refractivity (Wildman–Crippen MR) is 38.2 cm³/mol. The number of hydrogen-bond donors (Lipinski definition) is 2. The topological polar surface area (TPSA) is 49.3 Å². The molecule has 2 N–H and O–H groups in total. The molecule has 12 heavy (non-hydrogen) atoms. The lowest BCUT2D eigenvalue weighted by Gasteiger charge is -2.15. The minimum absolute atomic E-state index is 0.337. The monoisotopic (exact) mass is 179 g/mol. The van der Waals surface area contributed by atoms with E-state index in [-0.39, 0.29) is 6.04 Å². The molecule has 3 nitrogen and oxygen atoms in total. The number of rotatable bonds is 3. The fourth-order valence-corrected chi connectivity index (χ4v) is 1.33. The van der Waals surface area contributed by atoms with Crippen LogP contribution in [0.3, 0.4) is 0 Å². The zero-order valence-electron chi connectivity index (χ0n) is 6.52. The molecule has 0 saturated carbocycles. The van der Waals surface area contributed by atoms with Crippen molar-refractivity contribution in [3.05, 3.63) is 0 Å². The second-order valence-corrected chi connectivity index (χ2v) is 3.01. The summed E-state index contributed by atoms with van der Waals surface area (Å²) in [5.41, 5.74) is 0. The fourth-order valence-electron chi connectivity index (χ4n) is 1.33. The van der Waals surface area contributed by atoms with E-state index in [9.17, 15) is 13.6 Å². The molecule has 1 aliphatic rings. The second kappa shape index (κ2) is 3.35. The molecule has 1 rings (SSSR count). The van der Waals surface area contributed by atoms with E-state index in [0.29, 0.717) is 13.0 Å². The first kappa shape index (κ1) is 9.38. The van der Waals surface area contributed by atoms with Crippen LogP contribution in [0.2, 0.25) is 0 Å². The zero-order valence-corrected chi connectivity index (χ0v) is 6.52. The van der Waals surface area contributed by atoms with Crippen molar-refractivity contribution in [3.63, 3.8) is 0 Å². The highest BCUT2D eigenvalue weighted by Gasteiger charge is 2.41. The molecule has 5 heteroatoms. The Morgan fingerprint density at radius 3 is 2.75 bits per heavy atom. The molecule has 1 aliphatic heterocycles.